The molecular weight excluding hydrogens is 268 g/mol. The Bertz CT molecular complexity index is 457. The lowest BCUT2D eigenvalue weighted by atomic mass is 10.2. The van der Waals surface area contributed by atoms with Gasteiger partial charge in [-0.2, -0.15) is 4.89 Å². The molecule has 1 rings (SSSR count). The van der Waals surface area contributed by atoms with E-state index in [0.717, 1.165) is 6.04 Å². The van der Waals surface area contributed by atoms with Crippen molar-refractivity contribution < 1.29 is 14.6 Å². The normalized spacial score (nSPS) is 10.9. The molecule has 1 radical (unpaired) electrons. The Hall–Kier alpha value is -1.65. The van der Waals surface area contributed by atoms with Crippen LogP contribution in [0.2, 0.25) is 6.04 Å². The second-order valence-electron chi connectivity index (χ2n) is 4.43. The van der Waals surface area contributed by atoms with Gasteiger partial charge in [0.2, 0.25) is 0 Å². The van der Waals surface area contributed by atoms with Crippen LogP contribution in [0.3, 0.4) is 0 Å². The summed E-state index contributed by atoms with van der Waals surface area (Å²) in [5.74, 6) is -0.494. The fourth-order valence-electron chi connectivity index (χ4n) is 1.93. The van der Waals surface area contributed by atoms with E-state index in [1.54, 1.807) is 12.1 Å². The third-order valence-electron chi connectivity index (χ3n) is 3.33. The molecule has 0 unspecified atom stereocenters. The van der Waals surface area contributed by atoms with E-state index in [-0.39, 0.29) is 0 Å². The summed E-state index contributed by atoms with van der Waals surface area (Å²) in [4.78, 5) is 21.1. The van der Waals surface area contributed by atoms with Crippen molar-refractivity contribution >= 4 is 19.2 Å². The molecule has 1 aromatic carbocycles. The summed E-state index contributed by atoms with van der Waals surface area (Å²) in [6.07, 6.45) is 0.551. The third-order valence-corrected chi connectivity index (χ3v) is 7.37. The molecule has 0 saturated carbocycles. The van der Waals surface area contributed by atoms with Crippen LogP contribution in [-0.2, 0) is 9.78 Å². The topological polar surface area (TPSA) is 35.5 Å². The van der Waals surface area contributed by atoms with Crippen LogP contribution in [0.5, 0.6) is 0 Å². The minimum Gasteiger partial charge on any atom is -0.293 e. The van der Waals surface area contributed by atoms with Gasteiger partial charge in [-0.15, -0.1) is 13.2 Å². The Morgan fingerprint density at radius 3 is 2.30 bits per heavy atom. The number of benzene rings is 1. The van der Waals surface area contributed by atoms with Crippen LogP contribution in [0.15, 0.2) is 48.8 Å². The fraction of sp³-hybridized carbons (Fsp3) is 0.250. The van der Waals surface area contributed by atoms with E-state index >= 15 is 0 Å². The van der Waals surface area contributed by atoms with E-state index in [1.807, 2.05) is 23.5 Å². The number of hydrogen-bond donors (Lipinski definition) is 0. The number of rotatable bonds is 8. The Kier molecular flexibility index (Phi) is 6.41. The van der Waals surface area contributed by atoms with Crippen molar-refractivity contribution in [2.45, 2.75) is 19.4 Å². The first-order valence-corrected chi connectivity index (χ1v) is 9.00. The quantitative estimate of drug-likeness (QED) is 0.319. The van der Waals surface area contributed by atoms with E-state index in [0.29, 0.717) is 18.6 Å². The smallest absolute Gasteiger partial charge is 0.293 e. The highest BCUT2D eigenvalue weighted by Gasteiger charge is 2.26. The van der Waals surface area contributed by atoms with Crippen molar-refractivity contribution in [2.75, 3.05) is 6.61 Å². The maximum atomic E-state index is 11.7. The molecule has 20 heavy (non-hydrogen) atoms. The Morgan fingerprint density at radius 1 is 1.25 bits per heavy atom. The average Bonchev–Trinajstić information content (AvgIpc) is 2.50. The van der Waals surface area contributed by atoms with Gasteiger partial charge in [-0.3, -0.25) is 4.89 Å². The van der Waals surface area contributed by atoms with Gasteiger partial charge in [-0.25, -0.2) is 4.79 Å². The van der Waals surface area contributed by atoms with Crippen LogP contribution in [0, 0.1) is 6.92 Å². The second kappa shape index (κ2) is 7.82. The average molecular weight is 289 g/mol. The van der Waals surface area contributed by atoms with Crippen molar-refractivity contribution in [3.8, 4) is 0 Å². The molecule has 4 heteroatoms. The first-order valence-electron chi connectivity index (χ1n) is 6.64. The molecule has 107 valence electrons. The third kappa shape index (κ3) is 3.68. The lowest BCUT2D eigenvalue weighted by molar-refractivity contribution is -0.239. The van der Waals surface area contributed by atoms with E-state index in [2.05, 4.69) is 31.9 Å². The van der Waals surface area contributed by atoms with E-state index < -0.39 is 14.0 Å². The summed E-state index contributed by atoms with van der Waals surface area (Å²) in [5.41, 5.74) is 4.47. The van der Waals surface area contributed by atoms with Gasteiger partial charge < -0.3 is 0 Å². The van der Waals surface area contributed by atoms with E-state index in [9.17, 15) is 4.79 Å². The second-order valence-corrected chi connectivity index (χ2v) is 8.61. The molecule has 0 aliphatic carbocycles. The zero-order valence-corrected chi connectivity index (χ0v) is 12.9. The molecule has 0 fully saturated rings. The number of hydrogen-bond acceptors (Lipinski definition) is 3. The molecular formula is C16H21O3Si. The fourth-order valence-corrected chi connectivity index (χ4v) is 4.34. The number of carbonyl (C=O) groups excluding carboxylic acids is 1. The van der Waals surface area contributed by atoms with Gasteiger partial charge >= 0.3 is 5.97 Å². The first kappa shape index (κ1) is 16.4. The van der Waals surface area contributed by atoms with Gasteiger partial charge in [0.05, 0.1) is 12.2 Å². The van der Waals surface area contributed by atoms with Crippen molar-refractivity contribution in [1.29, 1.82) is 0 Å². The molecule has 1 aromatic rings. The minimum absolute atomic E-state index is 0.294. The Labute approximate surface area is 121 Å². The molecule has 0 bridgehead atoms. The van der Waals surface area contributed by atoms with E-state index in [1.165, 1.54) is 5.19 Å². The molecule has 0 aromatic heterocycles. The summed E-state index contributed by atoms with van der Waals surface area (Å²) in [6.45, 7) is 13.9. The van der Waals surface area contributed by atoms with Gasteiger partial charge in [0.25, 0.3) is 0 Å². The van der Waals surface area contributed by atoms with Gasteiger partial charge in [0, 0.05) is 0 Å². The summed E-state index contributed by atoms with van der Waals surface area (Å²) in [5, 5.41) is 1.18. The predicted octanol–water partition coefficient (Wildman–Crippen LogP) is 3.13. The first-order chi connectivity index (χ1) is 9.63. The van der Waals surface area contributed by atoms with E-state index in [4.69, 9.17) is 4.89 Å². The molecule has 0 aliphatic heterocycles. The maximum Gasteiger partial charge on any atom is 0.373 e. The maximum absolute atomic E-state index is 11.7. The highest BCUT2D eigenvalue weighted by atomic mass is 28.3. The zero-order chi connectivity index (χ0) is 15.0. The Balaban J connectivity index is 2.85. The van der Waals surface area contributed by atoms with Crippen molar-refractivity contribution in [2.24, 2.45) is 0 Å². The largest absolute Gasteiger partial charge is 0.373 e. The van der Waals surface area contributed by atoms with Crippen LogP contribution >= 0.6 is 0 Å². The molecule has 0 heterocycles. The molecule has 0 spiro atoms. The number of carbonyl (C=O) groups is 1. The van der Waals surface area contributed by atoms with Gasteiger partial charge in [0.15, 0.2) is 0 Å². The summed E-state index contributed by atoms with van der Waals surface area (Å²) >= 11 is 0. The molecule has 0 aliphatic rings. The zero-order valence-electron chi connectivity index (χ0n) is 11.9. The van der Waals surface area contributed by atoms with Gasteiger partial charge in [-0.1, -0.05) is 42.6 Å². The summed E-state index contributed by atoms with van der Waals surface area (Å²) in [7, 11) is -1.85. The molecule has 0 amide bonds. The molecule has 0 atom stereocenters. The van der Waals surface area contributed by atoms with Crippen LogP contribution < -0.4 is 5.19 Å². The highest BCUT2D eigenvalue weighted by molar-refractivity contribution is 6.99. The molecule has 0 N–H and O–H groups in total. The van der Waals surface area contributed by atoms with Gasteiger partial charge in [0.1, 0.15) is 8.07 Å². The van der Waals surface area contributed by atoms with Crippen molar-refractivity contribution in [1.82, 2.24) is 0 Å². The van der Waals surface area contributed by atoms with Crippen LogP contribution in [-0.4, -0.2) is 20.7 Å². The van der Waals surface area contributed by atoms with Crippen LogP contribution in [0.25, 0.3) is 0 Å². The minimum atomic E-state index is -1.85. The van der Waals surface area contributed by atoms with Crippen LogP contribution in [0.4, 0.5) is 0 Å². The van der Waals surface area contributed by atoms with Gasteiger partial charge in [-0.05, 0) is 24.6 Å². The van der Waals surface area contributed by atoms with Crippen molar-refractivity contribution in [3.63, 3.8) is 0 Å². The molecule has 0 saturated heterocycles. The molecule has 3 nitrogen and oxygen atoms in total. The predicted molar refractivity (Wildman–Crippen MR) is 84.0 cm³/mol. The van der Waals surface area contributed by atoms with Crippen LogP contribution in [0.1, 0.15) is 23.7 Å². The lowest BCUT2D eigenvalue weighted by Crippen LogP contribution is -2.43. The SMILES string of the molecule is [CH2]CCOOC(=O)c1ccc([Si](C=C)(C=C)CC)cc1. The summed E-state index contributed by atoms with van der Waals surface area (Å²) in [6, 6.07) is 8.37. The standard InChI is InChI=1S/C16H21O3Si/c1-5-13-18-19-16(17)14-9-11-15(12-10-14)20(6-2,7-3)8-4/h6-7,9-12H,1-3,5,8,13H2,4H3. The monoisotopic (exact) mass is 289 g/mol. The summed E-state index contributed by atoms with van der Waals surface area (Å²) < 4.78 is 0. The Morgan fingerprint density at radius 2 is 1.85 bits per heavy atom. The van der Waals surface area contributed by atoms with Crippen molar-refractivity contribution in [3.05, 3.63) is 61.3 Å². The lowest BCUT2D eigenvalue weighted by Gasteiger charge is -2.23. The highest BCUT2D eigenvalue weighted by Crippen LogP contribution is 2.13.